The van der Waals surface area contributed by atoms with E-state index in [2.05, 4.69) is 32.5 Å². The van der Waals surface area contributed by atoms with Crippen molar-refractivity contribution in [1.82, 2.24) is 14.5 Å². The molecule has 8 nitrogen and oxygen atoms in total. The zero-order chi connectivity index (χ0) is 29.0. The number of hydrogen-bond donors (Lipinski definition) is 2. The van der Waals surface area contributed by atoms with Crippen molar-refractivity contribution >= 4 is 40.1 Å². The van der Waals surface area contributed by atoms with Crippen LogP contribution < -0.4 is 21.1 Å². The summed E-state index contributed by atoms with van der Waals surface area (Å²) in [4.78, 5) is 37.3. The molecule has 1 saturated carbocycles. The highest BCUT2D eigenvalue weighted by atomic mass is 32.1. The maximum absolute atomic E-state index is 14.8. The van der Waals surface area contributed by atoms with E-state index in [1.54, 1.807) is 25.4 Å². The first kappa shape index (κ1) is 26.9. The summed E-state index contributed by atoms with van der Waals surface area (Å²) in [5.74, 6) is 0.474. The van der Waals surface area contributed by atoms with Gasteiger partial charge in [0.05, 0.1) is 16.3 Å². The molecule has 2 N–H and O–H groups in total. The van der Waals surface area contributed by atoms with Gasteiger partial charge in [-0.15, -0.1) is 11.3 Å². The number of aromatic nitrogens is 2. The summed E-state index contributed by atoms with van der Waals surface area (Å²) >= 11 is 1.54. The minimum Gasteiger partial charge on any atom is -0.369 e. The number of benzene rings is 2. The SMILES string of the molecule is CN1CCN(c2ccc(Nc3nc(-c4ccc(F)c(NC(=O)c5cc6c(s5)C5CCC6C5)c4)cn(C)c3=O)cc2)CC1. The molecule has 2 bridgehead atoms. The molecule has 4 aromatic rings. The number of likely N-dealkylation sites (N-methyl/N-ethyl adjacent to an activating group) is 1. The van der Waals surface area contributed by atoms with E-state index >= 15 is 0 Å². The Morgan fingerprint density at radius 2 is 1.76 bits per heavy atom. The number of aryl methyl sites for hydroxylation is 1. The zero-order valence-corrected chi connectivity index (χ0v) is 24.5. The van der Waals surface area contributed by atoms with Crippen LogP contribution in [0.25, 0.3) is 11.3 Å². The van der Waals surface area contributed by atoms with Gasteiger partial charge in [-0.25, -0.2) is 9.37 Å². The van der Waals surface area contributed by atoms with Crippen molar-refractivity contribution in [2.24, 2.45) is 7.05 Å². The van der Waals surface area contributed by atoms with E-state index in [1.807, 2.05) is 30.3 Å². The molecule has 2 fully saturated rings. The van der Waals surface area contributed by atoms with Crippen molar-refractivity contribution in [1.29, 1.82) is 0 Å². The number of amides is 1. The Morgan fingerprint density at radius 1 is 1.00 bits per heavy atom. The van der Waals surface area contributed by atoms with Gasteiger partial charge in [-0.3, -0.25) is 9.59 Å². The summed E-state index contributed by atoms with van der Waals surface area (Å²) in [7, 11) is 3.79. The smallest absolute Gasteiger partial charge is 0.293 e. The number of carbonyl (C=O) groups excluding carboxylic acids is 1. The molecule has 2 atom stereocenters. The molecule has 3 aliphatic rings. The van der Waals surface area contributed by atoms with Gasteiger partial charge >= 0.3 is 0 Å². The minimum atomic E-state index is -0.528. The summed E-state index contributed by atoms with van der Waals surface area (Å²) in [6.45, 7) is 4.00. The van der Waals surface area contributed by atoms with Crippen molar-refractivity contribution in [2.75, 3.05) is 48.8 Å². The first-order chi connectivity index (χ1) is 20.3. The van der Waals surface area contributed by atoms with Crippen LogP contribution in [0.3, 0.4) is 0 Å². The van der Waals surface area contributed by atoms with Gasteiger partial charge in [0.15, 0.2) is 5.82 Å². The first-order valence-electron chi connectivity index (χ1n) is 14.5. The molecule has 7 rings (SSSR count). The van der Waals surface area contributed by atoms with Crippen LogP contribution in [0.2, 0.25) is 0 Å². The monoisotopic (exact) mass is 584 g/mol. The number of rotatable bonds is 6. The summed E-state index contributed by atoms with van der Waals surface area (Å²) < 4.78 is 16.3. The Bertz CT molecular complexity index is 1700. The van der Waals surface area contributed by atoms with E-state index in [0.717, 1.165) is 37.6 Å². The predicted molar refractivity (Wildman–Crippen MR) is 166 cm³/mol. The molecule has 2 aliphatic carbocycles. The van der Waals surface area contributed by atoms with Crippen LogP contribution in [0, 0.1) is 5.82 Å². The Morgan fingerprint density at radius 3 is 2.52 bits per heavy atom. The molecular weight excluding hydrogens is 551 g/mol. The zero-order valence-electron chi connectivity index (χ0n) is 23.7. The average Bonchev–Trinajstić information content (AvgIpc) is 3.72. The van der Waals surface area contributed by atoms with Gasteiger partial charge in [0.1, 0.15) is 5.82 Å². The van der Waals surface area contributed by atoms with Crippen molar-refractivity contribution in [3.05, 3.63) is 86.2 Å². The lowest BCUT2D eigenvalue weighted by Crippen LogP contribution is -2.44. The summed E-state index contributed by atoms with van der Waals surface area (Å²) in [5, 5.41) is 5.93. The summed E-state index contributed by atoms with van der Waals surface area (Å²) in [6.07, 6.45) is 5.20. The molecule has 216 valence electrons. The molecule has 2 aromatic heterocycles. The van der Waals surface area contributed by atoms with E-state index in [4.69, 9.17) is 0 Å². The van der Waals surface area contributed by atoms with E-state index in [1.165, 1.54) is 51.7 Å². The largest absolute Gasteiger partial charge is 0.369 e. The van der Waals surface area contributed by atoms with Crippen LogP contribution in [-0.4, -0.2) is 53.6 Å². The maximum atomic E-state index is 14.8. The fraction of sp³-hybridized carbons (Fsp3) is 0.344. The molecular formula is C32H33FN6O2S. The van der Waals surface area contributed by atoms with Crippen LogP contribution in [0.5, 0.6) is 0 Å². The number of carbonyl (C=O) groups is 1. The van der Waals surface area contributed by atoms with Crippen LogP contribution >= 0.6 is 11.3 Å². The molecule has 1 aliphatic heterocycles. The third kappa shape index (κ3) is 4.98. The fourth-order valence-electron chi connectivity index (χ4n) is 6.42. The molecule has 0 radical (unpaired) electrons. The molecule has 2 unspecified atom stereocenters. The average molecular weight is 585 g/mol. The van der Waals surface area contributed by atoms with Gasteiger partial charge in [-0.05, 0) is 92.2 Å². The van der Waals surface area contributed by atoms with E-state index in [-0.39, 0.29) is 23.0 Å². The number of nitrogens with one attached hydrogen (secondary N) is 2. The second-order valence-electron chi connectivity index (χ2n) is 11.6. The van der Waals surface area contributed by atoms with Gasteiger partial charge in [-0.1, -0.05) is 0 Å². The third-order valence-electron chi connectivity index (χ3n) is 8.84. The van der Waals surface area contributed by atoms with E-state index in [9.17, 15) is 14.0 Å². The second kappa shape index (κ2) is 10.7. The normalized spacial score (nSPS) is 19.6. The first-order valence-corrected chi connectivity index (χ1v) is 15.3. The van der Waals surface area contributed by atoms with E-state index in [0.29, 0.717) is 28.0 Å². The number of halogens is 1. The Hall–Kier alpha value is -4.02. The lowest BCUT2D eigenvalue weighted by atomic mass is 9.99. The summed E-state index contributed by atoms with van der Waals surface area (Å²) in [6, 6.07) is 14.5. The van der Waals surface area contributed by atoms with Gasteiger partial charge in [-0.2, -0.15) is 0 Å². The fourth-order valence-corrected chi connectivity index (χ4v) is 7.71. The highest BCUT2D eigenvalue weighted by Crippen LogP contribution is 2.55. The van der Waals surface area contributed by atoms with Gasteiger partial charge in [0.2, 0.25) is 0 Å². The highest BCUT2D eigenvalue weighted by Gasteiger charge is 2.39. The van der Waals surface area contributed by atoms with Crippen LogP contribution in [0.15, 0.2) is 59.5 Å². The number of hydrogen-bond acceptors (Lipinski definition) is 7. The summed E-state index contributed by atoms with van der Waals surface area (Å²) in [5.41, 5.74) is 4.06. The third-order valence-corrected chi connectivity index (χ3v) is 10.2. The maximum Gasteiger partial charge on any atom is 0.293 e. The number of anilines is 4. The number of nitrogens with zero attached hydrogens (tertiary/aromatic N) is 4. The topological polar surface area (TPSA) is 82.5 Å². The molecule has 2 aromatic carbocycles. The van der Waals surface area contributed by atoms with Crippen LogP contribution in [-0.2, 0) is 7.05 Å². The Kier molecular flexibility index (Phi) is 6.82. The Balaban J connectivity index is 1.10. The Labute approximate surface area is 247 Å². The quantitative estimate of drug-likeness (QED) is 0.300. The molecule has 3 heterocycles. The minimum absolute atomic E-state index is 0.0821. The van der Waals surface area contributed by atoms with Crippen molar-refractivity contribution in [3.8, 4) is 11.3 Å². The predicted octanol–water partition coefficient (Wildman–Crippen LogP) is 5.76. The van der Waals surface area contributed by atoms with Gasteiger partial charge < -0.3 is 25.0 Å². The van der Waals surface area contributed by atoms with E-state index < -0.39 is 5.82 Å². The molecule has 0 spiro atoms. The van der Waals surface area contributed by atoms with Crippen LogP contribution in [0.1, 0.15) is 51.2 Å². The van der Waals surface area contributed by atoms with Crippen molar-refractivity contribution in [3.63, 3.8) is 0 Å². The lowest BCUT2D eigenvalue weighted by molar-refractivity contribution is 0.103. The standard InChI is InChI=1S/C32H33FN6O2S/c1-37-11-13-39(14-12-37)23-8-6-22(7-9-23)34-30-32(41)38(2)18-27(35-30)20-5-10-25(33)26(16-20)36-31(40)28-17-24-19-3-4-21(15-19)29(24)42-28/h5-10,16-19,21H,3-4,11-15H2,1-2H3,(H,34,35)(H,36,40). The molecule has 42 heavy (non-hydrogen) atoms. The molecule has 10 heteroatoms. The van der Waals surface area contributed by atoms with Gasteiger partial charge in [0.25, 0.3) is 11.5 Å². The van der Waals surface area contributed by atoms with Crippen molar-refractivity contribution < 1.29 is 9.18 Å². The number of fused-ring (bicyclic) bond motifs is 5. The number of thiophene rings is 1. The van der Waals surface area contributed by atoms with Crippen LogP contribution in [0.4, 0.5) is 27.3 Å². The molecule has 1 amide bonds. The highest BCUT2D eigenvalue weighted by molar-refractivity contribution is 7.14. The molecule has 1 saturated heterocycles. The number of piperazine rings is 1. The second-order valence-corrected chi connectivity index (χ2v) is 12.7. The van der Waals surface area contributed by atoms with Gasteiger partial charge in [0, 0.05) is 61.2 Å². The van der Waals surface area contributed by atoms with Crippen molar-refractivity contribution in [2.45, 2.75) is 31.1 Å². The lowest BCUT2D eigenvalue weighted by Gasteiger charge is -2.34.